The van der Waals surface area contributed by atoms with Crippen LogP contribution in [0.3, 0.4) is 0 Å². The van der Waals surface area contributed by atoms with Crippen molar-refractivity contribution in [2.75, 3.05) is 0 Å². The monoisotopic (exact) mass is 557 g/mol. The summed E-state index contributed by atoms with van der Waals surface area (Å²) in [5.74, 6) is 0. The van der Waals surface area contributed by atoms with Crippen LogP contribution in [0.15, 0.2) is 140 Å². The van der Waals surface area contributed by atoms with Gasteiger partial charge in [-0.2, -0.15) is 6.20 Å². The van der Waals surface area contributed by atoms with Crippen molar-refractivity contribution in [3.63, 3.8) is 0 Å². The summed E-state index contributed by atoms with van der Waals surface area (Å²) in [6, 6.07) is 32.8. The number of rotatable bonds is 3. The molecule has 0 unspecified atom stereocenters. The summed E-state index contributed by atoms with van der Waals surface area (Å²) in [7, 11) is 0. The van der Waals surface area contributed by atoms with Crippen molar-refractivity contribution >= 4 is 0 Å². The average molecular weight is 557 g/mol. The van der Waals surface area contributed by atoms with E-state index in [1.807, 2.05) is 103 Å². The van der Waals surface area contributed by atoms with Crippen LogP contribution in [-0.2, 0) is 19.5 Å². The molecule has 0 spiro atoms. The van der Waals surface area contributed by atoms with Gasteiger partial charge in [-0.1, -0.05) is 42.5 Å². The normalized spacial score (nSPS) is 9.44. The van der Waals surface area contributed by atoms with Crippen molar-refractivity contribution in [3.8, 4) is 34.2 Å². The largest absolute Gasteiger partial charge is 1.00 e. The van der Waals surface area contributed by atoms with Crippen molar-refractivity contribution < 1.29 is 19.5 Å². The van der Waals surface area contributed by atoms with Gasteiger partial charge in [-0.15, -0.1) is 5.69 Å². The Morgan fingerprint density at radius 2 is 0.694 bits per heavy atom. The molecule has 0 saturated carbocycles. The smallest absolute Gasteiger partial charge is 0.662 e. The van der Waals surface area contributed by atoms with E-state index in [0.29, 0.717) is 0 Å². The maximum atomic E-state index is 4.19. The van der Waals surface area contributed by atoms with E-state index in [9.17, 15) is 0 Å². The van der Waals surface area contributed by atoms with Gasteiger partial charge in [-0.25, -0.2) is 0 Å². The zero-order valence-corrected chi connectivity index (χ0v) is 21.1. The van der Waals surface area contributed by atoms with E-state index >= 15 is 0 Å². The molecule has 6 nitrogen and oxygen atoms in total. The maximum Gasteiger partial charge on any atom is 1.00 e. The first kappa shape index (κ1) is 26.3. The molecule has 0 saturated heterocycles. The van der Waals surface area contributed by atoms with Gasteiger partial charge in [0.15, 0.2) is 0 Å². The molecule has 0 fully saturated rings. The van der Waals surface area contributed by atoms with Gasteiger partial charge in [-0.3, -0.25) is 24.9 Å². The molecule has 0 bridgehead atoms. The first-order valence-corrected chi connectivity index (χ1v) is 11.0. The van der Waals surface area contributed by atoms with Crippen molar-refractivity contribution in [1.82, 2.24) is 29.9 Å². The Morgan fingerprint density at radius 3 is 0.944 bits per heavy atom. The second-order valence-corrected chi connectivity index (χ2v) is 7.10. The Balaban J connectivity index is 0.000000149. The van der Waals surface area contributed by atoms with E-state index in [2.05, 4.69) is 29.9 Å². The molecule has 6 rings (SSSR count). The Morgan fingerprint density at radius 1 is 0.361 bits per heavy atom. The Kier molecular flexibility index (Phi) is 10.8. The molecule has 0 aliphatic carbocycles. The van der Waals surface area contributed by atoms with Crippen LogP contribution in [0.5, 0.6) is 0 Å². The fraction of sp³-hybridized carbons (Fsp3) is 0. The van der Waals surface area contributed by atoms with E-state index in [1.165, 1.54) is 0 Å². The summed E-state index contributed by atoms with van der Waals surface area (Å²) in [5.41, 5.74) is 5.52. The van der Waals surface area contributed by atoms with Crippen LogP contribution in [0.4, 0.5) is 0 Å². The second-order valence-electron chi connectivity index (χ2n) is 7.10. The second kappa shape index (κ2) is 14.8. The summed E-state index contributed by atoms with van der Waals surface area (Å²) in [6.07, 6.45) is 10.6. The van der Waals surface area contributed by atoms with Crippen LogP contribution in [-0.4, -0.2) is 24.9 Å². The number of pyridine rings is 5. The summed E-state index contributed by atoms with van der Waals surface area (Å²) in [6.45, 7) is 0. The van der Waals surface area contributed by atoms with Gasteiger partial charge in [0.1, 0.15) is 0 Å². The quantitative estimate of drug-likeness (QED) is 0.249. The molecule has 6 aromatic rings. The molecule has 36 heavy (non-hydrogen) atoms. The van der Waals surface area contributed by atoms with Crippen molar-refractivity contribution in [1.29, 1.82) is 0 Å². The topological polar surface area (TPSA) is 78.5 Å². The molecular weight excluding hydrogens is 533 g/mol. The van der Waals surface area contributed by atoms with E-state index < -0.39 is 0 Å². The van der Waals surface area contributed by atoms with Gasteiger partial charge in [0.2, 0.25) is 0 Å². The fourth-order valence-corrected chi connectivity index (χ4v) is 3.02. The van der Waals surface area contributed by atoms with Gasteiger partial charge in [0, 0.05) is 36.7 Å². The molecule has 0 aliphatic rings. The Labute approximate surface area is 223 Å². The predicted octanol–water partition coefficient (Wildman–Crippen LogP) is 5.99. The fourth-order valence-electron chi connectivity index (χ4n) is 3.02. The summed E-state index contributed by atoms with van der Waals surface area (Å²) >= 11 is 0. The van der Waals surface area contributed by atoms with Gasteiger partial charge in [-0.05, 0) is 60.7 Å². The minimum atomic E-state index is 0. The van der Waals surface area contributed by atoms with Crippen molar-refractivity contribution in [2.24, 2.45) is 0 Å². The zero-order valence-electron chi connectivity index (χ0n) is 19.3. The van der Waals surface area contributed by atoms with Crippen LogP contribution in [0.25, 0.3) is 34.2 Å². The molecule has 1 radical (unpaired) electrons. The first-order valence-electron chi connectivity index (χ1n) is 11.0. The summed E-state index contributed by atoms with van der Waals surface area (Å²) in [5, 5.41) is 0. The first-order chi connectivity index (χ1) is 17.4. The zero-order chi connectivity index (χ0) is 24.0. The third-order valence-corrected chi connectivity index (χ3v) is 4.67. The van der Waals surface area contributed by atoms with Crippen molar-refractivity contribution in [2.45, 2.75) is 0 Å². The van der Waals surface area contributed by atoms with Gasteiger partial charge in [0.25, 0.3) is 0 Å². The summed E-state index contributed by atoms with van der Waals surface area (Å²) < 4.78 is 0. The van der Waals surface area contributed by atoms with E-state index in [4.69, 9.17) is 0 Å². The number of nitrogens with zero attached hydrogens (tertiary/aromatic N) is 6. The minimum absolute atomic E-state index is 0. The molecule has 0 N–H and O–H groups in total. The molecule has 6 heterocycles. The SMILES string of the molecule is [Ru+].c1ccc(-c2ccc[n-]2)nc1.c1ccc(-c2ccccn2)nc1.c1ccc(-c2ccccn2)nc1. The van der Waals surface area contributed by atoms with Crippen LogP contribution in [0.1, 0.15) is 0 Å². The minimum Gasteiger partial charge on any atom is -0.662 e. The standard InChI is InChI=1S/2C10H8N2.C9H7N2.Ru/c2*1-3-7-11-9(5-1)10-6-2-4-8-12-10;1-2-6-10-8(4-1)9-5-3-7-11-9;/h2*1-8H;1-7H;/q;;-1;+1. The predicted molar refractivity (Wildman–Crippen MR) is 138 cm³/mol. The molecule has 7 heteroatoms. The molecule has 0 aliphatic heterocycles. The Bertz CT molecular complexity index is 1200. The van der Waals surface area contributed by atoms with Gasteiger partial charge in [0.05, 0.1) is 22.8 Å². The van der Waals surface area contributed by atoms with E-state index in [0.717, 1.165) is 34.2 Å². The third kappa shape index (κ3) is 8.15. The Hall–Kier alpha value is -4.35. The molecule has 0 amide bonds. The van der Waals surface area contributed by atoms with E-state index in [1.54, 1.807) is 37.2 Å². The molecule has 177 valence electrons. The van der Waals surface area contributed by atoms with Crippen molar-refractivity contribution in [3.05, 3.63) is 140 Å². The van der Waals surface area contributed by atoms with Crippen LogP contribution in [0.2, 0.25) is 0 Å². The molecule has 0 atom stereocenters. The van der Waals surface area contributed by atoms with Gasteiger partial charge < -0.3 is 4.98 Å². The summed E-state index contributed by atoms with van der Waals surface area (Å²) in [4.78, 5) is 25.0. The number of hydrogen-bond acceptors (Lipinski definition) is 5. The molecular formula is C29H23N6Ru. The maximum absolute atomic E-state index is 4.19. The van der Waals surface area contributed by atoms with Crippen LogP contribution < -0.4 is 4.98 Å². The molecule has 6 aromatic heterocycles. The molecule has 0 aromatic carbocycles. The van der Waals surface area contributed by atoms with Crippen LogP contribution in [0, 0.1) is 0 Å². The van der Waals surface area contributed by atoms with Crippen LogP contribution >= 0.6 is 0 Å². The average Bonchev–Trinajstić information content (AvgIpc) is 3.52. The van der Waals surface area contributed by atoms with Gasteiger partial charge >= 0.3 is 19.5 Å². The number of hydrogen-bond donors (Lipinski definition) is 0. The third-order valence-electron chi connectivity index (χ3n) is 4.67. The van der Waals surface area contributed by atoms with E-state index in [-0.39, 0.29) is 19.5 Å². The number of aromatic nitrogens is 6.